The summed E-state index contributed by atoms with van der Waals surface area (Å²) in [4.78, 5) is 3.19. The van der Waals surface area contributed by atoms with Crippen LogP contribution in [0.2, 0.25) is 0 Å². The van der Waals surface area contributed by atoms with Crippen LogP contribution in [0.25, 0.3) is 0 Å². The Kier molecular flexibility index (Phi) is 4.81. The zero-order valence-corrected chi connectivity index (χ0v) is 14.8. The lowest BCUT2D eigenvalue weighted by molar-refractivity contribution is -0.0114. The predicted octanol–water partition coefficient (Wildman–Crippen LogP) is 5.78. The lowest BCUT2D eigenvalue weighted by atomic mass is 9.78. The van der Waals surface area contributed by atoms with E-state index in [0.29, 0.717) is 0 Å². The van der Waals surface area contributed by atoms with Gasteiger partial charge in [-0.3, -0.25) is 4.90 Å². The first-order valence-electron chi connectivity index (χ1n) is 10.6. The summed E-state index contributed by atoms with van der Waals surface area (Å²) < 4.78 is 0. The first kappa shape index (κ1) is 15.5. The van der Waals surface area contributed by atoms with Gasteiger partial charge in [-0.05, 0) is 82.0 Å². The molecular formula is C21H37N. The highest BCUT2D eigenvalue weighted by Gasteiger charge is 2.44. The zero-order valence-electron chi connectivity index (χ0n) is 14.8. The lowest BCUT2D eigenvalue weighted by Gasteiger charge is -2.50. The predicted molar refractivity (Wildman–Crippen MR) is 94.0 cm³/mol. The molecule has 1 saturated heterocycles. The van der Waals surface area contributed by atoms with Crippen molar-refractivity contribution in [1.82, 2.24) is 4.90 Å². The molecule has 1 heterocycles. The van der Waals surface area contributed by atoms with Gasteiger partial charge in [-0.25, -0.2) is 0 Å². The molecule has 3 saturated carbocycles. The third kappa shape index (κ3) is 2.99. The second kappa shape index (κ2) is 6.83. The van der Waals surface area contributed by atoms with Gasteiger partial charge in [0.2, 0.25) is 0 Å². The molecular weight excluding hydrogens is 266 g/mol. The molecule has 0 amide bonds. The minimum atomic E-state index is 0.950. The number of rotatable bonds is 1. The van der Waals surface area contributed by atoms with E-state index in [0.717, 1.165) is 35.9 Å². The summed E-state index contributed by atoms with van der Waals surface area (Å²) in [6, 6.07) is 2.89. The summed E-state index contributed by atoms with van der Waals surface area (Å²) in [6.45, 7) is 2.48. The first-order chi connectivity index (χ1) is 10.8. The van der Waals surface area contributed by atoms with Gasteiger partial charge >= 0.3 is 0 Å². The minimum Gasteiger partial charge on any atom is -0.294 e. The maximum Gasteiger partial charge on any atom is 0.0129 e. The molecule has 0 radical (unpaired) electrons. The Hall–Kier alpha value is -0.0400. The van der Waals surface area contributed by atoms with E-state index in [4.69, 9.17) is 0 Å². The number of hydrogen-bond donors (Lipinski definition) is 0. The molecule has 22 heavy (non-hydrogen) atoms. The molecule has 1 heteroatoms. The molecule has 1 nitrogen and oxygen atoms in total. The van der Waals surface area contributed by atoms with Crippen LogP contribution >= 0.6 is 0 Å². The summed E-state index contributed by atoms with van der Waals surface area (Å²) >= 11 is 0. The molecule has 0 aromatic heterocycles. The average Bonchev–Trinajstić information content (AvgIpc) is 2.73. The quantitative estimate of drug-likeness (QED) is 0.593. The standard InChI is InChI=1S/C21H37N/c1-16-10-14-19(15-11-16)22-20-8-4-2-6-17(20)12-13-18-7-3-5-9-21(18)22/h16-21H,2-15H2,1H3. The van der Waals surface area contributed by atoms with Crippen molar-refractivity contribution in [3.63, 3.8) is 0 Å². The van der Waals surface area contributed by atoms with Gasteiger partial charge in [-0.2, -0.15) is 0 Å². The Morgan fingerprint density at radius 3 is 1.59 bits per heavy atom. The fourth-order valence-corrected chi connectivity index (χ4v) is 6.59. The van der Waals surface area contributed by atoms with Crippen LogP contribution in [-0.2, 0) is 0 Å². The van der Waals surface area contributed by atoms with E-state index in [1.165, 1.54) is 64.2 Å². The Balaban J connectivity index is 1.59. The van der Waals surface area contributed by atoms with E-state index < -0.39 is 0 Å². The lowest BCUT2D eigenvalue weighted by Crippen LogP contribution is -2.55. The van der Waals surface area contributed by atoms with Crippen LogP contribution in [0.3, 0.4) is 0 Å². The third-order valence-corrected chi connectivity index (χ3v) is 7.82. The number of fused-ring (bicyclic) bond motifs is 2. The Labute approximate surface area is 138 Å². The normalized spacial score (nSPS) is 47.3. The molecule has 0 N–H and O–H groups in total. The van der Waals surface area contributed by atoms with Crippen LogP contribution in [0.1, 0.15) is 96.8 Å². The van der Waals surface area contributed by atoms with Crippen LogP contribution in [0.5, 0.6) is 0 Å². The summed E-state index contributed by atoms with van der Waals surface area (Å²) in [5.41, 5.74) is 0. The van der Waals surface area contributed by atoms with Crippen LogP contribution in [0, 0.1) is 17.8 Å². The van der Waals surface area contributed by atoms with E-state index in [1.54, 1.807) is 25.7 Å². The van der Waals surface area contributed by atoms with Gasteiger partial charge in [-0.1, -0.05) is 32.6 Å². The van der Waals surface area contributed by atoms with Crippen molar-refractivity contribution in [1.29, 1.82) is 0 Å². The second-order valence-electron chi connectivity index (χ2n) is 9.16. The molecule has 3 aliphatic carbocycles. The summed E-state index contributed by atoms with van der Waals surface area (Å²) in [6.07, 6.45) is 21.3. The summed E-state index contributed by atoms with van der Waals surface area (Å²) in [5.74, 6) is 3.10. The molecule has 4 fully saturated rings. The Morgan fingerprint density at radius 2 is 1.05 bits per heavy atom. The van der Waals surface area contributed by atoms with Crippen molar-refractivity contribution in [2.45, 2.75) is 115 Å². The van der Waals surface area contributed by atoms with Gasteiger partial charge in [0.15, 0.2) is 0 Å². The zero-order chi connectivity index (χ0) is 14.9. The topological polar surface area (TPSA) is 3.24 Å². The fraction of sp³-hybridized carbons (Fsp3) is 1.00. The van der Waals surface area contributed by atoms with Gasteiger partial charge in [0.1, 0.15) is 0 Å². The van der Waals surface area contributed by atoms with Crippen molar-refractivity contribution in [2.75, 3.05) is 0 Å². The maximum absolute atomic E-state index is 3.19. The van der Waals surface area contributed by atoms with Crippen molar-refractivity contribution in [3.05, 3.63) is 0 Å². The van der Waals surface area contributed by atoms with Gasteiger partial charge in [0.05, 0.1) is 0 Å². The molecule has 4 aliphatic rings. The van der Waals surface area contributed by atoms with Gasteiger partial charge < -0.3 is 0 Å². The molecule has 0 aromatic rings. The van der Waals surface area contributed by atoms with Crippen LogP contribution in [-0.4, -0.2) is 23.0 Å². The SMILES string of the molecule is CC1CCC(N2C3CCCCC3CCC3CCCCC32)CC1. The van der Waals surface area contributed by atoms with E-state index in [9.17, 15) is 0 Å². The molecule has 4 unspecified atom stereocenters. The molecule has 4 rings (SSSR count). The van der Waals surface area contributed by atoms with Gasteiger partial charge in [0.25, 0.3) is 0 Å². The second-order valence-corrected chi connectivity index (χ2v) is 9.16. The van der Waals surface area contributed by atoms with E-state index in [1.807, 2.05) is 0 Å². The average molecular weight is 304 g/mol. The molecule has 0 spiro atoms. The number of likely N-dealkylation sites (tertiary alicyclic amines) is 1. The molecule has 0 aromatic carbocycles. The van der Waals surface area contributed by atoms with E-state index >= 15 is 0 Å². The Bertz CT molecular complexity index is 333. The van der Waals surface area contributed by atoms with Crippen LogP contribution in [0.4, 0.5) is 0 Å². The summed E-state index contributed by atoms with van der Waals surface area (Å²) in [7, 11) is 0. The minimum absolute atomic E-state index is 0.950. The maximum atomic E-state index is 3.19. The fourth-order valence-electron chi connectivity index (χ4n) is 6.59. The highest BCUT2D eigenvalue weighted by Crippen LogP contribution is 2.45. The number of nitrogens with zero attached hydrogens (tertiary/aromatic N) is 1. The number of hydrogen-bond acceptors (Lipinski definition) is 1. The molecule has 4 atom stereocenters. The van der Waals surface area contributed by atoms with Crippen molar-refractivity contribution in [2.24, 2.45) is 17.8 Å². The highest BCUT2D eigenvalue weighted by molar-refractivity contribution is 4.98. The third-order valence-electron chi connectivity index (χ3n) is 7.82. The van der Waals surface area contributed by atoms with Gasteiger partial charge in [-0.15, -0.1) is 0 Å². The highest BCUT2D eigenvalue weighted by atomic mass is 15.2. The van der Waals surface area contributed by atoms with Gasteiger partial charge in [0, 0.05) is 18.1 Å². The molecule has 0 bridgehead atoms. The monoisotopic (exact) mass is 303 g/mol. The Morgan fingerprint density at radius 1 is 0.545 bits per heavy atom. The summed E-state index contributed by atoms with van der Waals surface area (Å²) in [5, 5.41) is 0. The molecule has 1 aliphatic heterocycles. The largest absolute Gasteiger partial charge is 0.294 e. The van der Waals surface area contributed by atoms with Crippen molar-refractivity contribution >= 4 is 0 Å². The van der Waals surface area contributed by atoms with E-state index in [2.05, 4.69) is 11.8 Å². The van der Waals surface area contributed by atoms with Crippen molar-refractivity contribution < 1.29 is 0 Å². The van der Waals surface area contributed by atoms with Crippen LogP contribution < -0.4 is 0 Å². The van der Waals surface area contributed by atoms with E-state index in [-0.39, 0.29) is 0 Å². The van der Waals surface area contributed by atoms with Crippen LogP contribution in [0.15, 0.2) is 0 Å². The molecule has 126 valence electrons. The first-order valence-corrected chi connectivity index (χ1v) is 10.6. The van der Waals surface area contributed by atoms with Crippen molar-refractivity contribution in [3.8, 4) is 0 Å². The smallest absolute Gasteiger partial charge is 0.0129 e.